The highest BCUT2D eigenvalue weighted by molar-refractivity contribution is 6.31. The van der Waals surface area contributed by atoms with E-state index in [-0.39, 0.29) is 18.4 Å². The molecule has 0 fully saturated rings. The van der Waals surface area contributed by atoms with Crippen LogP contribution < -0.4 is 15.0 Å². The maximum Gasteiger partial charge on any atom is 0.262 e. The summed E-state index contributed by atoms with van der Waals surface area (Å²) in [7, 11) is 1.56. The number of ether oxygens (including phenoxy) is 1. The van der Waals surface area contributed by atoms with E-state index in [1.54, 1.807) is 18.0 Å². The average Bonchev–Trinajstić information content (AvgIpc) is 2.67. The van der Waals surface area contributed by atoms with E-state index in [4.69, 9.17) is 16.3 Å². The highest BCUT2D eigenvalue weighted by Crippen LogP contribution is 2.33. The lowest BCUT2D eigenvalue weighted by Crippen LogP contribution is -2.50. The monoisotopic (exact) mass is 372 g/mol. The first-order chi connectivity index (χ1) is 12.5. The normalized spacial score (nSPS) is 15.8. The first kappa shape index (κ1) is 18.3. The van der Waals surface area contributed by atoms with Crippen molar-refractivity contribution in [3.63, 3.8) is 0 Å². The van der Waals surface area contributed by atoms with E-state index in [9.17, 15) is 9.59 Å². The molecule has 1 heterocycles. The van der Waals surface area contributed by atoms with Gasteiger partial charge >= 0.3 is 0 Å². The number of anilines is 1. The van der Waals surface area contributed by atoms with Crippen molar-refractivity contribution in [3.05, 3.63) is 58.6 Å². The third-order valence-corrected chi connectivity index (χ3v) is 4.88. The number of carbonyl (C=O) groups is 2. The van der Waals surface area contributed by atoms with Gasteiger partial charge in [-0.15, -0.1) is 0 Å². The Labute approximate surface area is 157 Å². The second-order valence-electron chi connectivity index (χ2n) is 6.28. The minimum Gasteiger partial charge on any atom is -0.477 e. The molecule has 2 aromatic carbocycles. The van der Waals surface area contributed by atoms with E-state index < -0.39 is 6.10 Å². The fraction of sp³-hybridized carbons (Fsp3) is 0.300. The summed E-state index contributed by atoms with van der Waals surface area (Å²) in [4.78, 5) is 26.5. The van der Waals surface area contributed by atoms with Crippen LogP contribution in [0.1, 0.15) is 17.5 Å². The van der Waals surface area contributed by atoms with Crippen LogP contribution in [0.4, 0.5) is 5.69 Å². The number of nitrogens with one attached hydrogen (secondary N) is 1. The number of amides is 2. The Morgan fingerprint density at radius 1 is 1.27 bits per heavy atom. The molecule has 3 rings (SSSR count). The van der Waals surface area contributed by atoms with E-state index >= 15 is 0 Å². The predicted octanol–water partition coefficient (Wildman–Crippen LogP) is 3.12. The van der Waals surface area contributed by atoms with Crippen molar-refractivity contribution < 1.29 is 14.3 Å². The summed E-state index contributed by atoms with van der Waals surface area (Å²) in [5.74, 6) is 0.244. The molecule has 1 aliphatic heterocycles. The number of nitrogens with zero attached hydrogens (tertiary/aromatic N) is 1. The number of fused-ring (bicyclic) bond motifs is 1. The largest absolute Gasteiger partial charge is 0.477 e. The molecule has 136 valence electrons. The average molecular weight is 373 g/mol. The molecule has 0 radical (unpaired) electrons. The van der Waals surface area contributed by atoms with Gasteiger partial charge in [-0.1, -0.05) is 35.9 Å². The van der Waals surface area contributed by atoms with E-state index in [1.165, 1.54) is 0 Å². The third kappa shape index (κ3) is 3.83. The molecule has 6 heteroatoms. The van der Waals surface area contributed by atoms with Crippen LogP contribution in [0.3, 0.4) is 0 Å². The van der Waals surface area contributed by atoms with Gasteiger partial charge in [0.1, 0.15) is 5.75 Å². The van der Waals surface area contributed by atoms with Crippen molar-refractivity contribution >= 4 is 29.1 Å². The van der Waals surface area contributed by atoms with E-state index in [0.717, 1.165) is 11.1 Å². The second kappa shape index (κ2) is 7.79. The number of hydrogen-bond donors (Lipinski definition) is 1. The van der Waals surface area contributed by atoms with Crippen LogP contribution >= 0.6 is 11.6 Å². The summed E-state index contributed by atoms with van der Waals surface area (Å²) in [5.41, 5.74) is 2.72. The van der Waals surface area contributed by atoms with Gasteiger partial charge in [0, 0.05) is 18.5 Å². The Morgan fingerprint density at radius 2 is 2.04 bits per heavy atom. The topological polar surface area (TPSA) is 58.6 Å². The van der Waals surface area contributed by atoms with Crippen molar-refractivity contribution in [2.75, 3.05) is 18.5 Å². The van der Waals surface area contributed by atoms with E-state index in [1.807, 2.05) is 43.3 Å². The maximum atomic E-state index is 12.8. The molecular formula is C20H21ClN2O3. The molecule has 1 aliphatic rings. The number of benzene rings is 2. The number of hydrogen-bond acceptors (Lipinski definition) is 3. The molecule has 5 nitrogen and oxygen atoms in total. The summed E-state index contributed by atoms with van der Waals surface area (Å²) >= 11 is 6.16. The lowest BCUT2D eigenvalue weighted by molar-refractivity contribution is -0.127. The first-order valence-electron chi connectivity index (χ1n) is 8.52. The molecule has 0 aromatic heterocycles. The zero-order valence-corrected chi connectivity index (χ0v) is 15.5. The van der Waals surface area contributed by atoms with Crippen molar-refractivity contribution in [1.29, 1.82) is 0 Å². The van der Waals surface area contributed by atoms with Crippen LogP contribution in [0.15, 0.2) is 42.5 Å². The minimum atomic E-state index is -0.715. The van der Waals surface area contributed by atoms with Gasteiger partial charge in [-0.3, -0.25) is 9.59 Å². The van der Waals surface area contributed by atoms with Gasteiger partial charge in [-0.2, -0.15) is 0 Å². The molecule has 0 aliphatic carbocycles. The van der Waals surface area contributed by atoms with Gasteiger partial charge in [0.2, 0.25) is 5.91 Å². The van der Waals surface area contributed by atoms with Gasteiger partial charge in [-0.25, -0.2) is 0 Å². The molecule has 0 saturated heterocycles. The van der Waals surface area contributed by atoms with Crippen LogP contribution in [0.2, 0.25) is 5.02 Å². The second-order valence-corrected chi connectivity index (χ2v) is 6.68. The van der Waals surface area contributed by atoms with Gasteiger partial charge in [0.15, 0.2) is 6.10 Å². The predicted molar refractivity (Wildman–Crippen MR) is 102 cm³/mol. The van der Waals surface area contributed by atoms with Gasteiger partial charge in [-0.05, 0) is 42.7 Å². The fourth-order valence-electron chi connectivity index (χ4n) is 2.95. The van der Waals surface area contributed by atoms with Crippen molar-refractivity contribution in [2.45, 2.75) is 25.9 Å². The Morgan fingerprint density at radius 3 is 2.77 bits per heavy atom. The van der Waals surface area contributed by atoms with Crippen LogP contribution in [-0.2, 0) is 16.0 Å². The Kier molecular flexibility index (Phi) is 5.47. The number of likely N-dealkylation sites (N-methyl/N-ethyl adjacent to an activating group) is 1. The highest BCUT2D eigenvalue weighted by atomic mass is 35.5. The first-order valence-corrected chi connectivity index (χ1v) is 8.90. The Balaban J connectivity index is 1.76. The van der Waals surface area contributed by atoms with Gasteiger partial charge < -0.3 is 15.0 Å². The van der Waals surface area contributed by atoms with Crippen LogP contribution in [0.5, 0.6) is 5.75 Å². The standard InChI is InChI=1S/C20H21ClN2O3/c1-13-7-8-14(11-15(13)21)9-10-19(24)23-12-18(20(25)22-2)26-17-6-4-3-5-16(17)23/h3-8,11,18H,9-10,12H2,1-2H3,(H,22,25). The summed E-state index contributed by atoms with van der Waals surface area (Å²) in [6.07, 6.45) is 0.199. The number of carbonyl (C=O) groups excluding carboxylic acids is 2. The number of halogens is 1. The molecule has 2 aromatic rings. The summed E-state index contributed by atoms with van der Waals surface area (Å²) in [5, 5.41) is 3.28. The van der Waals surface area contributed by atoms with Crippen molar-refractivity contribution in [2.24, 2.45) is 0 Å². The minimum absolute atomic E-state index is 0.0497. The SMILES string of the molecule is CNC(=O)C1CN(C(=O)CCc2ccc(C)c(Cl)c2)c2ccccc2O1. The summed E-state index contributed by atoms with van der Waals surface area (Å²) < 4.78 is 5.73. The zero-order chi connectivity index (χ0) is 18.7. The molecular weight excluding hydrogens is 352 g/mol. The molecule has 1 atom stereocenters. The molecule has 1 unspecified atom stereocenters. The molecule has 2 amide bonds. The summed E-state index contributed by atoms with van der Waals surface area (Å²) in [6.45, 7) is 2.14. The lowest BCUT2D eigenvalue weighted by Gasteiger charge is -2.34. The van der Waals surface area contributed by atoms with Gasteiger partial charge in [0.05, 0.1) is 12.2 Å². The third-order valence-electron chi connectivity index (χ3n) is 4.48. The van der Waals surface area contributed by atoms with Crippen molar-refractivity contribution in [1.82, 2.24) is 5.32 Å². The lowest BCUT2D eigenvalue weighted by atomic mass is 10.1. The number of para-hydroxylation sites is 2. The molecule has 0 spiro atoms. The highest BCUT2D eigenvalue weighted by Gasteiger charge is 2.32. The number of aryl methyl sites for hydroxylation is 2. The van der Waals surface area contributed by atoms with Crippen LogP contribution in [0, 0.1) is 6.92 Å². The molecule has 0 bridgehead atoms. The van der Waals surface area contributed by atoms with Crippen molar-refractivity contribution in [3.8, 4) is 5.75 Å². The molecule has 26 heavy (non-hydrogen) atoms. The Hall–Kier alpha value is -2.53. The molecule has 0 saturated carbocycles. The van der Waals surface area contributed by atoms with Crippen LogP contribution in [0.25, 0.3) is 0 Å². The van der Waals surface area contributed by atoms with Gasteiger partial charge in [0.25, 0.3) is 5.91 Å². The molecule has 1 N–H and O–H groups in total. The zero-order valence-electron chi connectivity index (χ0n) is 14.8. The van der Waals surface area contributed by atoms with Crippen LogP contribution in [-0.4, -0.2) is 31.5 Å². The smallest absolute Gasteiger partial charge is 0.262 e. The van der Waals surface area contributed by atoms with E-state index in [0.29, 0.717) is 29.3 Å². The van der Waals surface area contributed by atoms with E-state index in [2.05, 4.69) is 5.32 Å². The Bertz CT molecular complexity index is 838. The number of rotatable bonds is 4. The summed E-state index contributed by atoms with van der Waals surface area (Å²) in [6, 6.07) is 13.1. The fourth-order valence-corrected chi connectivity index (χ4v) is 3.15. The maximum absolute atomic E-state index is 12.8. The quantitative estimate of drug-likeness (QED) is 0.897.